The van der Waals surface area contributed by atoms with Gasteiger partial charge in [-0.05, 0) is 38.8 Å². The standard InChI is InChI=1S/C12H24N2O/c1-2-4-12(3-1)15-10-9-14-11-5-7-13-8-6-11/h11-14H,1-10H2. The quantitative estimate of drug-likeness (QED) is 0.674. The van der Waals surface area contributed by atoms with Gasteiger partial charge in [0.15, 0.2) is 0 Å². The second-order valence-corrected chi connectivity index (χ2v) is 4.76. The minimum absolute atomic E-state index is 0.569. The summed E-state index contributed by atoms with van der Waals surface area (Å²) in [6, 6.07) is 0.721. The first-order valence-electron chi connectivity index (χ1n) is 6.51. The zero-order valence-electron chi connectivity index (χ0n) is 9.63. The Kier molecular flexibility index (Phi) is 4.90. The maximum Gasteiger partial charge on any atom is 0.0594 e. The van der Waals surface area contributed by atoms with Gasteiger partial charge in [0.2, 0.25) is 0 Å². The molecule has 1 saturated carbocycles. The molecule has 1 aliphatic heterocycles. The fourth-order valence-corrected chi connectivity index (χ4v) is 2.57. The minimum Gasteiger partial charge on any atom is -0.377 e. The van der Waals surface area contributed by atoms with Crippen LogP contribution in [-0.2, 0) is 4.74 Å². The fraction of sp³-hybridized carbons (Fsp3) is 1.00. The second-order valence-electron chi connectivity index (χ2n) is 4.76. The molecule has 2 rings (SSSR count). The molecule has 0 aromatic rings. The van der Waals surface area contributed by atoms with E-state index in [0.29, 0.717) is 6.10 Å². The number of rotatable bonds is 5. The third-order valence-electron chi connectivity index (χ3n) is 3.53. The number of hydrogen-bond acceptors (Lipinski definition) is 3. The van der Waals surface area contributed by atoms with Gasteiger partial charge < -0.3 is 15.4 Å². The molecular formula is C12H24N2O. The smallest absolute Gasteiger partial charge is 0.0594 e. The van der Waals surface area contributed by atoms with Gasteiger partial charge in [0.05, 0.1) is 12.7 Å². The van der Waals surface area contributed by atoms with Crippen LogP contribution < -0.4 is 10.6 Å². The van der Waals surface area contributed by atoms with Gasteiger partial charge in [-0.1, -0.05) is 12.8 Å². The Morgan fingerprint density at radius 1 is 1.07 bits per heavy atom. The van der Waals surface area contributed by atoms with Crippen LogP contribution in [0.2, 0.25) is 0 Å². The number of nitrogens with one attached hydrogen (secondary N) is 2. The highest BCUT2D eigenvalue weighted by molar-refractivity contribution is 4.74. The van der Waals surface area contributed by atoms with E-state index in [9.17, 15) is 0 Å². The van der Waals surface area contributed by atoms with Crippen LogP contribution in [-0.4, -0.2) is 38.4 Å². The van der Waals surface area contributed by atoms with E-state index in [0.717, 1.165) is 19.2 Å². The Morgan fingerprint density at radius 3 is 2.53 bits per heavy atom. The molecule has 0 aromatic heterocycles. The summed E-state index contributed by atoms with van der Waals surface area (Å²) in [5.74, 6) is 0. The van der Waals surface area contributed by atoms with Gasteiger partial charge in [0, 0.05) is 12.6 Å². The van der Waals surface area contributed by atoms with Crippen molar-refractivity contribution in [3.8, 4) is 0 Å². The molecule has 1 heterocycles. The molecule has 1 saturated heterocycles. The van der Waals surface area contributed by atoms with Crippen LogP contribution in [0.3, 0.4) is 0 Å². The average Bonchev–Trinajstić information content (AvgIpc) is 2.79. The Hall–Kier alpha value is -0.120. The van der Waals surface area contributed by atoms with Crippen molar-refractivity contribution < 1.29 is 4.74 Å². The van der Waals surface area contributed by atoms with Crippen molar-refractivity contribution >= 4 is 0 Å². The molecule has 0 atom stereocenters. The SMILES string of the molecule is C1CCC(OCCNC2CCNCC2)C1. The molecule has 0 spiro atoms. The molecule has 0 radical (unpaired) electrons. The predicted octanol–water partition coefficient (Wildman–Crippen LogP) is 1.29. The Labute approximate surface area is 93.0 Å². The highest BCUT2D eigenvalue weighted by Crippen LogP contribution is 2.20. The van der Waals surface area contributed by atoms with Gasteiger partial charge >= 0.3 is 0 Å². The summed E-state index contributed by atoms with van der Waals surface area (Å²) in [5.41, 5.74) is 0. The van der Waals surface area contributed by atoms with E-state index in [-0.39, 0.29) is 0 Å². The molecule has 0 amide bonds. The van der Waals surface area contributed by atoms with Crippen LogP contribution in [0.1, 0.15) is 38.5 Å². The van der Waals surface area contributed by atoms with Crippen LogP contribution >= 0.6 is 0 Å². The summed E-state index contributed by atoms with van der Waals surface area (Å²) in [4.78, 5) is 0. The maximum absolute atomic E-state index is 5.82. The largest absolute Gasteiger partial charge is 0.377 e. The monoisotopic (exact) mass is 212 g/mol. The van der Waals surface area contributed by atoms with Crippen molar-refractivity contribution in [1.82, 2.24) is 10.6 Å². The lowest BCUT2D eigenvalue weighted by Crippen LogP contribution is -2.41. The van der Waals surface area contributed by atoms with Crippen LogP contribution in [0, 0.1) is 0 Å². The molecular weight excluding hydrogens is 188 g/mol. The van der Waals surface area contributed by atoms with E-state index >= 15 is 0 Å². The van der Waals surface area contributed by atoms with Crippen molar-refractivity contribution in [1.29, 1.82) is 0 Å². The zero-order valence-corrected chi connectivity index (χ0v) is 9.63. The second kappa shape index (κ2) is 6.46. The molecule has 2 fully saturated rings. The minimum atomic E-state index is 0.569. The van der Waals surface area contributed by atoms with E-state index in [1.807, 2.05) is 0 Å². The van der Waals surface area contributed by atoms with E-state index in [2.05, 4.69) is 10.6 Å². The first kappa shape index (κ1) is 11.4. The molecule has 3 heteroatoms. The number of hydrogen-bond donors (Lipinski definition) is 2. The molecule has 88 valence electrons. The summed E-state index contributed by atoms with van der Waals surface area (Å²) in [5, 5.41) is 6.96. The van der Waals surface area contributed by atoms with Gasteiger partial charge in [-0.2, -0.15) is 0 Å². The van der Waals surface area contributed by atoms with Crippen LogP contribution in [0.25, 0.3) is 0 Å². The normalized spacial score (nSPS) is 24.8. The van der Waals surface area contributed by atoms with Crippen LogP contribution in [0.5, 0.6) is 0 Å². The molecule has 0 bridgehead atoms. The van der Waals surface area contributed by atoms with E-state index in [4.69, 9.17) is 4.74 Å². The molecule has 0 unspecified atom stereocenters. The lowest BCUT2D eigenvalue weighted by molar-refractivity contribution is 0.0586. The van der Waals surface area contributed by atoms with Gasteiger partial charge in [-0.25, -0.2) is 0 Å². The zero-order chi connectivity index (χ0) is 10.3. The first-order valence-corrected chi connectivity index (χ1v) is 6.51. The molecule has 0 aromatic carbocycles. The summed E-state index contributed by atoms with van der Waals surface area (Å²) >= 11 is 0. The number of piperidine rings is 1. The molecule has 2 aliphatic rings. The Balaban J connectivity index is 1.47. The maximum atomic E-state index is 5.82. The fourth-order valence-electron chi connectivity index (χ4n) is 2.57. The Bertz CT molecular complexity index is 163. The van der Waals surface area contributed by atoms with Crippen molar-refractivity contribution in [2.75, 3.05) is 26.2 Å². The topological polar surface area (TPSA) is 33.3 Å². The van der Waals surface area contributed by atoms with E-state index in [1.165, 1.54) is 51.6 Å². The lowest BCUT2D eigenvalue weighted by atomic mass is 10.1. The van der Waals surface area contributed by atoms with E-state index < -0.39 is 0 Å². The summed E-state index contributed by atoms with van der Waals surface area (Å²) in [7, 11) is 0. The van der Waals surface area contributed by atoms with E-state index in [1.54, 1.807) is 0 Å². The van der Waals surface area contributed by atoms with Crippen molar-refractivity contribution in [2.45, 2.75) is 50.7 Å². The van der Waals surface area contributed by atoms with Crippen molar-refractivity contribution in [2.24, 2.45) is 0 Å². The highest BCUT2D eigenvalue weighted by atomic mass is 16.5. The molecule has 2 N–H and O–H groups in total. The Morgan fingerprint density at radius 2 is 1.80 bits per heavy atom. The molecule has 15 heavy (non-hydrogen) atoms. The summed E-state index contributed by atoms with van der Waals surface area (Å²) < 4.78 is 5.82. The van der Waals surface area contributed by atoms with Gasteiger partial charge in [0.1, 0.15) is 0 Å². The van der Waals surface area contributed by atoms with Gasteiger partial charge in [-0.15, -0.1) is 0 Å². The van der Waals surface area contributed by atoms with Gasteiger partial charge in [0.25, 0.3) is 0 Å². The van der Waals surface area contributed by atoms with Crippen LogP contribution in [0.4, 0.5) is 0 Å². The van der Waals surface area contributed by atoms with Crippen molar-refractivity contribution in [3.05, 3.63) is 0 Å². The van der Waals surface area contributed by atoms with Crippen molar-refractivity contribution in [3.63, 3.8) is 0 Å². The summed E-state index contributed by atoms with van der Waals surface area (Å²) in [6.45, 7) is 4.26. The third kappa shape index (κ3) is 4.09. The van der Waals surface area contributed by atoms with Crippen LogP contribution in [0.15, 0.2) is 0 Å². The van der Waals surface area contributed by atoms with Gasteiger partial charge in [-0.3, -0.25) is 0 Å². The molecule has 3 nitrogen and oxygen atoms in total. The first-order chi connectivity index (χ1) is 7.45. The predicted molar refractivity (Wildman–Crippen MR) is 62.1 cm³/mol. The lowest BCUT2D eigenvalue weighted by Gasteiger charge is -2.24. The number of ether oxygens (including phenoxy) is 1. The summed E-state index contributed by atoms with van der Waals surface area (Å²) in [6.07, 6.45) is 8.41. The average molecular weight is 212 g/mol. The highest BCUT2D eigenvalue weighted by Gasteiger charge is 2.15. The third-order valence-corrected chi connectivity index (χ3v) is 3.53. The molecule has 1 aliphatic carbocycles.